The van der Waals surface area contributed by atoms with Gasteiger partial charge in [-0.25, -0.2) is 0 Å². The Morgan fingerprint density at radius 2 is 0.951 bits per heavy atom. The molecule has 1 saturated heterocycles. The van der Waals surface area contributed by atoms with Crippen molar-refractivity contribution in [2.75, 3.05) is 26.4 Å². The van der Waals surface area contributed by atoms with Crippen LogP contribution in [0.1, 0.15) is 239 Å². The van der Waals surface area contributed by atoms with Gasteiger partial charge >= 0.3 is 5.97 Å². The first-order valence-electron chi connectivity index (χ1n) is 25.9. The van der Waals surface area contributed by atoms with E-state index in [1.807, 2.05) is 0 Å². The van der Waals surface area contributed by atoms with Crippen molar-refractivity contribution in [1.82, 2.24) is 0 Å². The minimum Gasteiger partial charge on any atom is -0.457 e. The fourth-order valence-electron chi connectivity index (χ4n) is 8.05. The second kappa shape index (κ2) is 43.9. The van der Waals surface area contributed by atoms with Gasteiger partial charge in [0.15, 0.2) is 6.29 Å². The number of ether oxygens (including phenoxy) is 4. The molecule has 0 saturated carbocycles. The van der Waals surface area contributed by atoms with Crippen LogP contribution in [0.3, 0.4) is 0 Å². The molecule has 1 aliphatic heterocycles. The summed E-state index contributed by atoms with van der Waals surface area (Å²) in [6.07, 6.45) is 45.0. The number of aliphatic hydroxyl groups excluding tert-OH is 4. The lowest BCUT2D eigenvalue weighted by Gasteiger charge is -2.39. The van der Waals surface area contributed by atoms with Gasteiger partial charge in [-0.2, -0.15) is 0 Å². The monoisotopic (exact) mass is 867 g/mol. The van der Waals surface area contributed by atoms with Crippen LogP contribution in [-0.2, 0) is 23.7 Å². The molecule has 0 amide bonds. The molecule has 1 aliphatic rings. The highest BCUT2D eigenvalue weighted by Gasteiger charge is 2.44. The zero-order chi connectivity index (χ0) is 44.3. The third-order valence-electron chi connectivity index (χ3n) is 12.1. The fourth-order valence-corrected chi connectivity index (χ4v) is 8.05. The second-order valence-electron chi connectivity index (χ2n) is 18.0. The predicted octanol–water partition coefficient (Wildman–Crippen LogP) is 12.5. The van der Waals surface area contributed by atoms with Crippen molar-refractivity contribution in [3.05, 3.63) is 24.3 Å². The van der Waals surface area contributed by atoms with Gasteiger partial charge in [0.1, 0.15) is 30.5 Å². The molecule has 61 heavy (non-hydrogen) atoms. The summed E-state index contributed by atoms with van der Waals surface area (Å²) in [5.41, 5.74) is 0. The Bertz CT molecular complexity index is 988. The number of carbonyl (C=O) groups excluding carboxylic acids is 1. The van der Waals surface area contributed by atoms with E-state index < -0.39 is 43.4 Å². The Morgan fingerprint density at radius 3 is 1.41 bits per heavy atom. The van der Waals surface area contributed by atoms with Crippen molar-refractivity contribution in [3.63, 3.8) is 0 Å². The van der Waals surface area contributed by atoms with Crippen molar-refractivity contribution in [3.8, 4) is 0 Å². The van der Waals surface area contributed by atoms with Gasteiger partial charge in [0.2, 0.25) is 0 Å². The maximum absolute atomic E-state index is 12.8. The van der Waals surface area contributed by atoms with Crippen LogP contribution < -0.4 is 0 Å². The van der Waals surface area contributed by atoms with Crippen molar-refractivity contribution in [1.29, 1.82) is 0 Å². The Kier molecular flexibility index (Phi) is 41.5. The lowest BCUT2D eigenvalue weighted by atomic mass is 9.99. The van der Waals surface area contributed by atoms with Gasteiger partial charge in [-0.05, 0) is 44.9 Å². The minimum atomic E-state index is -1.53. The summed E-state index contributed by atoms with van der Waals surface area (Å²) in [4.78, 5) is 12.8. The quantitative estimate of drug-likeness (QED) is 0.0268. The third-order valence-corrected chi connectivity index (χ3v) is 12.1. The standard InChI is InChI=1S/C52H98O9/c1-3-5-7-9-11-13-15-17-19-20-21-22-23-24-25-26-27-28-30-32-34-36-38-40-42-58-44-46(45-59-52-51(57)50(56)49(55)47(43-53)61-52)60-48(54)41-39-37-35-33-31-29-18-16-14-12-10-8-6-4-2/h15,17,20-21,46-47,49-53,55-57H,3-14,16,18-19,22-45H2,1-2H3/b17-15-,21-20-. The summed E-state index contributed by atoms with van der Waals surface area (Å²) in [6.45, 7) is 4.58. The van der Waals surface area contributed by atoms with Crippen LogP contribution in [0.2, 0.25) is 0 Å². The largest absolute Gasteiger partial charge is 0.457 e. The number of rotatable bonds is 45. The van der Waals surface area contributed by atoms with E-state index in [-0.39, 0.29) is 19.2 Å². The molecule has 6 atom stereocenters. The van der Waals surface area contributed by atoms with Gasteiger partial charge in [-0.1, -0.05) is 212 Å². The van der Waals surface area contributed by atoms with Crippen molar-refractivity contribution in [2.45, 2.75) is 275 Å². The summed E-state index contributed by atoms with van der Waals surface area (Å²) < 4.78 is 22.9. The van der Waals surface area contributed by atoms with Gasteiger partial charge in [0, 0.05) is 13.0 Å². The number of hydrogen-bond donors (Lipinski definition) is 4. The molecule has 1 rings (SSSR count). The molecule has 1 fully saturated rings. The van der Waals surface area contributed by atoms with Crippen LogP contribution in [0.5, 0.6) is 0 Å². The number of esters is 1. The molecule has 9 heteroatoms. The Labute approximate surface area is 375 Å². The van der Waals surface area contributed by atoms with Crippen LogP contribution in [0, 0.1) is 0 Å². The predicted molar refractivity (Wildman–Crippen MR) is 252 cm³/mol. The summed E-state index contributed by atoms with van der Waals surface area (Å²) in [5, 5.41) is 40.2. The molecule has 0 aromatic carbocycles. The zero-order valence-electron chi connectivity index (χ0n) is 39.7. The average Bonchev–Trinajstić information content (AvgIpc) is 3.26. The topological polar surface area (TPSA) is 135 Å². The van der Waals surface area contributed by atoms with Crippen LogP contribution in [0.25, 0.3) is 0 Å². The van der Waals surface area contributed by atoms with E-state index in [0.29, 0.717) is 13.0 Å². The average molecular weight is 867 g/mol. The minimum absolute atomic E-state index is 0.109. The number of unbranched alkanes of at least 4 members (excludes halogenated alkanes) is 30. The lowest BCUT2D eigenvalue weighted by Crippen LogP contribution is -2.59. The van der Waals surface area contributed by atoms with E-state index >= 15 is 0 Å². The van der Waals surface area contributed by atoms with Crippen LogP contribution >= 0.6 is 0 Å². The second-order valence-corrected chi connectivity index (χ2v) is 18.0. The Hall–Kier alpha value is -1.33. The third kappa shape index (κ3) is 34.7. The molecule has 0 spiro atoms. The molecule has 6 unspecified atom stereocenters. The lowest BCUT2D eigenvalue weighted by molar-refractivity contribution is -0.305. The first-order chi connectivity index (χ1) is 29.9. The van der Waals surface area contributed by atoms with E-state index in [1.54, 1.807) is 0 Å². The van der Waals surface area contributed by atoms with E-state index in [0.717, 1.165) is 38.5 Å². The molecule has 0 bridgehead atoms. The normalized spacial score (nSPS) is 20.0. The molecular weight excluding hydrogens is 769 g/mol. The molecule has 0 aromatic heterocycles. The Morgan fingerprint density at radius 1 is 0.525 bits per heavy atom. The zero-order valence-corrected chi connectivity index (χ0v) is 39.7. The molecule has 9 nitrogen and oxygen atoms in total. The molecule has 4 N–H and O–H groups in total. The van der Waals surface area contributed by atoms with Crippen molar-refractivity contribution < 1.29 is 44.2 Å². The smallest absolute Gasteiger partial charge is 0.306 e. The first kappa shape index (κ1) is 57.7. The molecule has 0 aromatic rings. The molecule has 0 aliphatic carbocycles. The van der Waals surface area contributed by atoms with Crippen LogP contribution in [0.15, 0.2) is 24.3 Å². The summed E-state index contributed by atoms with van der Waals surface area (Å²) in [5.74, 6) is -0.310. The van der Waals surface area contributed by atoms with Gasteiger partial charge in [-0.3, -0.25) is 4.79 Å². The highest BCUT2D eigenvalue weighted by Crippen LogP contribution is 2.23. The number of carbonyl (C=O) groups is 1. The number of aliphatic hydroxyl groups is 4. The van der Waals surface area contributed by atoms with Gasteiger partial charge in [-0.15, -0.1) is 0 Å². The molecule has 360 valence electrons. The Balaban J connectivity index is 2.16. The summed E-state index contributed by atoms with van der Waals surface area (Å²) >= 11 is 0. The highest BCUT2D eigenvalue weighted by atomic mass is 16.7. The SMILES string of the molecule is CCCCCCC/C=C\C/C=C\CCCCCCCCCCCCCCOCC(COC1OC(CO)C(O)C(O)C1O)OC(=O)CCCCCCCCCCCCCCCC. The van der Waals surface area contributed by atoms with Gasteiger partial charge < -0.3 is 39.4 Å². The van der Waals surface area contributed by atoms with E-state index in [4.69, 9.17) is 18.9 Å². The van der Waals surface area contributed by atoms with Crippen LogP contribution in [-0.4, -0.2) is 89.6 Å². The highest BCUT2D eigenvalue weighted by molar-refractivity contribution is 5.69. The maximum Gasteiger partial charge on any atom is 0.306 e. The van der Waals surface area contributed by atoms with E-state index in [9.17, 15) is 25.2 Å². The summed E-state index contributed by atoms with van der Waals surface area (Å²) in [6, 6.07) is 0. The van der Waals surface area contributed by atoms with Gasteiger partial charge in [0.25, 0.3) is 0 Å². The molecular formula is C52H98O9. The summed E-state index contributed by atoms with van der Waals surface area (Å²) in [7, 11) is 0. The maximum atomic E-state index is 12.8. The molecule has 0 radical (unpaired) electrons. The van der Waals surface area contributed by atoms with Crippen molar-refractivity contribution in [2.24, 2.45) is 0 Å². The van der Waals surface area contributed by atoms with E-state index in [2.05, 4.69) is 38.2 Å². The van der Waals surface area contributed by atoms with Crippen molar-refractivity contribution >= 4 is 5.97 Å². The van der Waals surface area contributed by atoms with E-state index in [1.165, 1.54) is 180 Å². The first-order valence-corrected chi connectivity index (χ1v) is 25.9. The number of allylic oxidation sites excluding steroid dienone is 4. The fraction of sp³-hybridized carbons (Fsp3) is 0.904. The molecule has 1 heterocycles. The van der Waals surface area contributed by atoms with Crippen LogP contribution in [0.4, 0.5) is 0 Å². The number of hydrogen-bond acceptors (Lipinski definition) is 9. The van der Waals surface area contributed by atoms with Gasteiger partial charge in [0.05, 0.1) is 19.8 Å².